The first-order valence-corrected chi connectivity index (χ1v) is 5.32. The molecule has 15 heavy (non-hydrogen) atoms. The molecule has 0 bridgehead atoms. The highest BCUT2D eigenvalue weighted by atomic mass is 16.5. The average Bonchev–Trinajstić information content (AvgIpc) is 2.29. The fourth-order valence-electron chi connectivity index (χ4n) is 1.83. The van der Waals surface area contributed by atoms with Crippen LogP contribution in [0.1, 0.15) is 28.9 Å². The smallest absolute Gasteiger partial charge is 0.186 e. The monoisotopic (exact) mass is 205 g/mol. The van der Waals surface area contributed by atoms with Crippen molar-refractivity contribution in [1.29, 1.82) is 0 Å². The van der Waals surface area contributed by atoms with Gasteiger partial charge in [0, 0.05) is 18.7 Å². The molecule has 3 nitrogen and oxygen atoms in total. The molecule has 80 valence electrons. The maximum absolute atomic E-state index is 12.0. The summed E-state index contributed by atoms with van der Waals surface area (Å²) in [4.78, 5) is 16.1. The number of hydrogen-bond donors (Lipinski definition) is 0. The zero-order valence-electron chi connectivity index (χ0n) is 8.90. The SMILES string of the molecule is Cc1ccnc(C(=O)C2CCCOC2)c1. The Morgan fingerprint density at radius 1 is 1.60 bits per heavy atom. The lowest BCUT2D eigenvalue weighted by Crippen LogP contribution is -2.25. The summed E-state index contributed by atoms with van der Waals surface area (Å²) in [6.45, 7) is 3.30. The van der Waals surface area contributed by atoms with Crippen molar-refractivity contribution in [3.05, 3.63) is 29.6 Å². The number of pyridine rings is 1. The zero-order chi connectivity index (χ0) is 10.7. The summed E-state index contributed by atoms with van der Waals surface area (Å²) in [7, 11) is 0. The second-order valence-electron chi connectivity index (χ2n) is 4.00. The lowest BCUT2D eigenvalue weighted by atomic mass is 9.95. The molecule has 0 spiro atoms. The van der Waals surface area contributed by atoms with Crippen molar-refractivity contribution in [2.75, 3.05) is 13.2 Å². The molecule has 0 aromatic carbocycles. The minimum atomic E-state index is 0.00745. The van der Waals surface area contributed by atoms with Crippen molar-refractivity contribution in [1.82, 2.24) is 4.98 Å². The van der Waals surface area contributed by atoms with E-state index in [4.69, 9.17) is 4.74 Å². The van der Waals surface area contributed by atoms with E-state index in [2.05, 4.69) is 4.98 Å². The maximum Gasteiger partial charge on any atom is 0.186 e. The Labute approximate surface area is 89.5 Å². The fourth-order valence-corrected chi connectivity index (χ4v) is 1.83. The second-order valence-corrected chi connectivity index (χ2v) is 4.00. The number of Topliss-reactive ketones (excluding diaryl/α,β-unsaturated/α-hetero) is 1. The van der Waals surface area contributed by atoms with Crippen LogP contribution in [0.25, 0.3) is 0 Å². The van der Waals surface area contributed by atoms with Gasteiger partial charge in [-0.2, -0.15) is 0 Å². The first-order chi connectivity index (χ1) is 7.27. The summed E-state index contributed by atoms with van der Waals surface area (Å²) in [6, 6.07) is 3.74. The van der Waals surface area contributed by atoms with Gasteiger partial charge in [-0.25, -0.2) is 0 Å². The van der Waals surface area contributed by atoms with Crippen LogP contribution in [0.5, 0.6) is 0 Å². The van der Waals surface area contributed by atoms with Gasteiger partial charge in [0.2, 0.25) is 0 Å². The highest BCUT2D eigenvalue weighted by molar-refractivity contribution is 5.96. The average molecular weight is 205 g/mol. The van der Waals surface area contributed by atoms with E-state index < -0.39 is 0 Å². The van der Waals surface area contributed by atoms with Gasteiger partial charge in [-0.3, -0.25) is 9.78 Å². The number of ketones is 1. The molecule has 3 heteroatoms. The maximum atomic E-state index is 12.0. The van der Waals surface area contributed by atoms with Gasteiger partial charge in [0.15, 0.2) is 5.78 Å². The molecule has 1 atom stereocenters. The quantitative estimate of drug-likeness (QED) is 0.693. The highest BCUT2D eigenvalue weighted by Crippen LogP contribution is 2.18. The molecular formula is C12H15NO2. The number of hydrogen-bond acceptors (Lipinski definition) is 3. The van der Waals surface area contributed by atoms with Gasteiger partial charge < -0.3 is 4.74 Å². The molecule has 2 rings (SSSR count). The van der Waals surface area contributed by atoms with Crippen LogP contribution in [-0.2, 0) is 4.74 Å². The number of rotatable bonds is 2. The molecule has 1 fully saturated rings. The van der Waals surface area contributed by atoms with E-state index in [9.17, 15) is 4.79 Å². The lowest BCUT2D eigenvalue weighted by molar-refractivity contribution is 0.0458. The summed E-state index contributed by atoms with van der Waals surface area (Å²) < 4.78 is 5.31. The molecule has 1 unspecified atom stereocenters. The molecule has 1 aromatic rings. The number of aromatic nitrogens is 1. The Balaban J connectivity index is 2.12. The van der Waals surface area contributed by atoms with Crippen LogP contribution in [0, 0.1) is 12.8 Å². The van der Waals surface area contributed by atoms with E-state index in [0.717, 1.165) is 25.0 Å². The third-order valence-electron chi connectivity index (χ3n) is 2.70. The number of carbonyl (C=O) groups excluding carboxylic acids is 1. The normalized spacial score (nSPS) is 21.3. The van der Waals surface area contributed by atoms with Crippen molar-refractivity contribution >= 4 is 5.78 Å². The summed E-state index contributed by atoms with van der Waals surface area (Å²) in [6.07, 6.45) is 3.59. The molecule has 0 aliphatic carbocycles. The lowest BCUT2D eigenvalue weighted by Gasteiger charge is -2.20. The largest absolute Gasteiger partial charge is 0.381 e. The molecule has 2 heterocycles. The topological polar surface area (TPSA) is 39.2 Å². The van der Waals surface area contributed by atoms with Gasteiger partial charge >= 0.3 is 0 Å². The molecule has 0 radical (unpaired) electrons. The van der Waals surface area contributed by atoms with Crippen LogP contribution in [0.2, 0.25) is 0 Å². The van der Waals surface area contributed by atoms with Crippen LogP contribution < -0.4 is 0 Å². The standard InChI is InChI=1S/C12H15NO2/c1-9-4-5-13-11(7-9)12(14)10-3-2-6-15-8-10/h4-5,7,10H,2-3,6,8H2,1H3. The molecule has 1 saturated heterocycles. The molecule has 0 saturated carbocycles. The predicted molar refractivity (Wildman–Crippen MR) is 56.8 cm³/mol. The van der Waals surface area contributed by atoms with E-state index >= 15 is 0 Å². The van der Waals surface area contributed by atoms with Gasteiger partial charge in [0.1, 0.15) is 5.69 Å². The Morgan fingerprint density at radius 3 is 3.13 bits per heavy atom. The minimum absolute atomic E-state index is 0.00745. The van der Waals surface area contributed by atoms with Crippen molar-refractivity contribution in [2.24, 2.45) is 5.92 Å². The van der Waals surface area contributed by atoms with E-state index in [-0.39, 0.29) is 11.7 Å². The van der Waals surface area contributed by atoms with E-state index in [1.54, 1.807) is 6.20 Å². The fraction of sp³-hybridized carbons (Fsp3) is 0.500. The van der Waals surface area contributed by atoms with Crippen molar-refractivity contribution in [3.8, 4) is 0 Å². The van der Waals surface area contributed by atoms with Gasteiger partial charge in [-0.05, 0) is 37.5 Å². The molecule has 1 aliphatic rings. The van der Waals surface area contributed by atoms with Crippen LogP contribution >= 0.6 is 0 Å². The Hall–Kier alpha value is -1.22. The first-order valence-electron chi connectivity index (χ1n) is 5.32. The Morgan fingerprint density at radius 2 is 2.47 bits per heavy atom. The predicted octanol–water partition coefficient (Wildman–Crippen LogP) is 2.00. The minimum Gasteiger partial charge on any atom is -0.381 e. The van der Waals surface area contributed by atoms with Crippen LogP contribution in [-0.4, -0.2) is 24.0 Å². The van der Waals surface area contributed by atoms with Gasteiger partial charge in [0.05, 0.1) is 6.61 Å². The van der Waals surface area contributed by atoms with E-state index in [1.807, 2.05) is 19.1 Å². The third-order valence-corrected chi connectivity index (χ3v) is 2.70. The van der Waals surface area contributed by atoms with Crippen LogP contribution in [0.3, 0.4) is 0 Å². The van der Waals surface area contributed by atoms with Crippen molar-refractivity contribution in [2.45, 2.75) is 19.8 Å². The van der Waals surface area contributed by atoms with Crippen LogP contribution in [0.15, 0.2) is 18.3 Å². The Kier molecular flexibility index (Phi) is 3.11. The molecule has 1 aromatic heterocycles. The van der Waals surface area contributed by atoms with Gasteiger partial charge in [-0.1, -0.05) is 0 Å². The third kappa shape index (κ3) is 2.42. The van der Waals surface area contributed by atoms with E-state index in [0.29, 0.717) is 12.3 Å². The number of nitrogens with zero attached hydrogens (tertiary/aromatic N) is 1. The second kappa shape index (κ2) is 4.53. The van der Waals surface area contributed by atoms with Gasteiger partial charge in [0.25, 0.3) is 0 Å². The zero-order valence-corrected chi connectivity index (χ0v) is 8.90. The van der Waals surface area contributed by atoms with Crippen molar-refractivity contribution < 1.29 is 9.53 Å². The van der Waals surface area contributed by atoms with Crippen LogP contribution in [0.4, 0.5) is 0 Å². The number of aryl methyl sites for hydroxylation is 1. The van der Waals surface area contributed by atoms with Gasteiger partial charge in [-0.15, -0.1) is 0 Å². The molecular weight excluding hydrogens is 190 g/mol. The van der Waals surface area contributed by atoms with E-state index in [1.165, 1.54) is 0 Å². The molecule has 1 aliphatic heterocycles. The summed E-state index contributed by atoms with van der Waals surface area (Å²) in [5.41, 5.74) is 1.65. The summed E-state index contributed by atoms with van der Waals surface area (Å²) >= 11 is 0. The molecule has 0 amide bonds. The Bertz CT molecular complexity index is 356. The summed E-state index contributed by atoms with van der Waals surface area (Å²) in [5, 5.41) is 0. The van der Waals surface area contributed by atoms with Crippen molar-refractivity contribution in [3.63, 3.8) is 0 Å². The highest BCUT2D eigenvalue weighted by Gasteiger charge is 2.23. The summed E-state index contributed by atoms with van der Waals surface area (Å²) in [5.74, 6) is 0.131. The molecule has 0 N–H and O–H groups in total. The number of carbonyl (C=O) groups is 1. The first kappa shape index (κ1) is 10.3. The number of ether oxygens (including phenoxy) is 1.